The predicted octanol–water partition coefficient (Wildman–Crippen LogP) is 4.56. The van der Waals surface area contributed by atoms with Gasteiger partial charge in [-0.05, 0) is 17.7 Å². The zero-order chi connectivity index (χ0) is 20.7. The van der Waals surface area contributed by atoms with Crippen molar-refractivity contribution in [2.75, 3.05) is 6.26 Å². The van der Waals surface area contributed by atoms with E-state index in [-0.39, 0.29) is 24.1 Å². The number of nitrogens with zero attached hydrogens (tertiary/aromatic N) is 3. The van der Waals surface area contributed by atoms with Crippen LogP contribution in [-0.2, 0) is 22.3 Å². The van der Waals surface area contributed by atoms with Gasteiger partial charge in [-0.15, -0.1) is 0 Å². The van der Waals surface area contributed by atoms with E-state index in [1.807, 2.05) is 0 Å². The van der Waals surface area contributed by atoms with Gasteiger partial charge in [-0.25, -0.2) is 4.21 Å². The van der Waals surface area contributed by atoms with Gasteiger partial charge in [0, 0.05) is 12.7 Å². The number of hydrogen-bond acceptors (Lipinski definition) is 5. The van der Waals surface area contributed by atoms with Crippen LogP contribution in [0.5, 0.6) is 0 Å². The Morgan fingerprint density at radius 2 is 1.59 bits per heavy atom. The van der Waals surface area contributed by atoms with Crippen molar-refractivity contribution in [2.45, 2.75) is 24.0 Å². The average molecular weight is 423 g/mol. The molecule has 1 aromatic carbocycles. The fraction of sp³-hybridized carbons (Fsp3) is 0.385. The smallest absolute Gasteiger partial charge is 0.329 e. The highest BCUT2D eigenvalue weighted by Gasteiger charge is 2.63. The first kappa shape index (κ1) is 21.1. The minimum Gasteiger partial charge on any atom is -0.329 e. The van der Waals surface area contributed by atoms with E-state index in [0.717, 1.165) is 12.1 Å². The molecule has 0 saturated carbocycles. The van der Waals surface area contributed by atoms with Crippen LogP contribution in [0, 0.1) is 0 Å². The number of aromatic nitrogens is 2. The van der Waals surface area contributed by atoms with Crippen LogP contribution >= 0.6 is 0 Å². The number of halogens is 8. The minimum absolute atomic E-state index is 0.173. The third-order valence-electron chi connectivity index (χ3n) is 3.09. The van der Waals surface area contributed by atoms with Gasteiger partial charge < -0.3 is 4.52 Å². The van der Waals surface area contributed by atoms with Crippen molar-refractivity contribution in [3.63, 3.8) is 0 Å². The van der Waals surface area contributed by atoms with Gasteiger partial charge in [0.05, 0.1) is 5.69 Å². The highest BCUT2D eigenvalue weighted by molar-refractivity contribution is 7.94. The van der Waals surface area contributed by atoms with Crippen molar-refractivity contribution in [1.29, 1.82) is 0 Å². The van der Waals surface area contributed by atoms with Crippen molar-refractivity contribution in [1.82, 2.24) is 10.1 Å². The molecule has 1 aromatic heterocycles. The lowest BCUT2D eigenvalue weighted by molar-refractivity contribution is -0.240. The lowest BCUT2D eigenvalue weighted by Gasteiger charge is -2.20. The molecule has 0 aliphatic heterocycles. The molecule has 150 valence electrons. The van der Waals surface area contributed by atoms with Crippen molar-refractivity contribution >= 4 is 15.4 Å². The van der Waals surface area contributed by atoms with Crippen molar-refractivity contribution < 1.29 is 43.9 Å². The van der Waals surface area contributed by atoms with Gasteiger partial charge in [0.15, 0.2) is 5.82 Å². The Kier molecular flexibility index (Phi) is 5.24. The molecule has 0 aliphatic rings. The van der Waals surface area contributed by atoms with E-state index in [2.05, 4.69) is 19.0 Å². The first-order valence-electron chi connectivity index (χ1n) is 6.78. The molecule has 1 unspecified atom stereocenters. The topological polar surface area (TPSA) is 68.3 Å². The second kappa shape index (κ2) is 6.73. The molecule has 0 N–H and O–H groups in total. The quantitative estimate of drug-likeness (QED) is 0.676. The summed E-state index contributed by atoms with van der Waals surface area (Å²) in [6.45, 7) is 0. The summed E-state index contributed by atoms with van der Waals surface area (Å²) < 4.78 is 119. The predicted molar refractivity (Wildman–Crippen MR) is 75.7 cm³/mol. The molecule has 0 amide bonds. The largest absolute Gasteiger partial charge is 0.471 e. The highest BCUT2D eigenvalue weighted by atomic mass is 32.2. The number of benzene rings is 1. The fourth-order valence-electron chi connectivity index (χ4n) is 1.77. The standard InChI is InChI=1S/C13H9F8N3O2S/c1-27(25,13(20,21)12(17,18)19)24-8-4-2-7(3-5-8)6-9-22-10(26-23-9)11(14,15)16/h2-5H,6H2,1H3. The van der Waals surface area contributed by atoms with Gasteiger partial charge in [-0.1, -0.05) is 17.3 Å². The molecule has 0 saturated heterocycles. The summed E-state index contributed by atoms with van der Waals surface area (Å²) in [5, 5.41) is -2.41. The third-order valence-corrected chi connectivity index (χ3v) is 4.84. The maximum absolute atomic E-state index is 13.2. The van der Waals surface area contributed by atoms with Crippen LogP contribution in [0.15, 0.2) is 33.2 Å². The molecular formula is C13H9F8N3O2S. The van der Waals surface area contributed by atoms with Crippen LogP contribution in [0.2, 0.25) is 0 Å². The van der Waals surface area contributed by atoms with E-state index >= 15 is 0 Å². The molecule has 0 fully saturated rings. The van der Waals surface area contributed by atoms with Crippen LogP contribution in [0.3, 0.4) is 0 Å². The fourth-order valence-corrected chi connectivity index (χ4v) is 2.84. The summed E-state index contributed by atoms with van der Waals surface area (Å²) in [6, 6.07) is 4.30. The van der Waals surface area contributed by atoms with Crippen LogP contribution < -0.4 is 0 Å². The summed E-state index contributed by atoms with van der Waals surface area (Å²) in [4.78, 5) is 3.12. The number of alkyl halides is 8. The van der Waals surface area contributed by atoms with Crippen molar-refractivity contribution in [2.24, 2.45) is 4.36 Å². The van der Waals surface area contributed by atoms with E-state index in [0.29, 0.717) is 0 Å². The van der Waals surface area contributed by atoms with Crippen molar-refractivity contribution in [3.05, 3.63) is 41.5 Å². The summed E-state index contributed by atoms with van der Waals surface area (Å²) in [5.41, 5.74) is -0.145. The van der Waals surface area contributed by atoms with E-state index < -0.39 is 38.9 Å². The van der Waals surface area contributed by atoms with Gasteiger partial charge in [-0.2, -0.15) is 44.5 Å². The molecule has 0 spiro atoms. The molecule has 1 atom stereocenters. The minimum atomic E-state index is -6.04. The molecule has 0 aliphatic carbocycles. The Balaban J connectivity index is 2.23. The zero-order valence-electron chi connectivity index (χ0n) is 13.1. The molecule has 0 bridgehead atoms. The molecule has 1 heterocycles. The molecular weight excluding hydrogens is 414 g/mol. The maximum Gasteiger partial charge on any atom is 0.471 e. The van der Waals surface area contributed by atoms with Crippen LogP contribution in [0.4, 0.5) is 40.8 Å². The van der Waals surface area contributed by atoms with E-state index in [1.165, 1.54) is 12.1 Å². The van der Waals surface area contributed by atoms with Crippen molar-refractivity contribution in [3.8, 4) is 0 Å². The normalized spacial score (nSPS) is 15.4. The highest BCUT2D eigenvalue weighted by Crippen LogP contribution is 2.41. The van der Waals surface area contributed by atoms with Gasteiger partial charge in [0.25, 0.3) is 0 Å². The Morgan fingerprint density at radius 1 is 1.04 bits per heavy atom. The summed E-state index contributed by atoms with van der Waals surface area (Å²) in [7, 11) is -5.00. The molecule has 5 nitrogen and oxygen atoms in total. The second-order valence-corrected chi connectivity index (χ2v) is 7.57. The third kappa shape index (κ3) is 4.54. The molecule has 2 rings (SSSR count). The Bertz CT molecular complexity index is 924. The molecule has 0 radical (unpaired) electrons. The Morgan fingerprint density at radius 3 is 2.04 bits per heavy atom. The Hall–Kier alpha value is -2.25. The van der Waals surface area contributed by atoms with Crippen LogP contribution in [0.1, 0.15) is 17.3 Å². The van der Waals surface area contributed by atoms with Gasteiger partial charge in [0.2, 0.25) is 0 Å². The lowest BCUT2D eigenvalue weighted by Crippen LogP contribution is -2.43. The monoisotopic (exact) mass is 423 g/mol. The lowest BCUT2D eigenvalue weighted by atomic mass is 10.1. The van der Waals surface area contributed by atoms with E-state index in [1.54, 1.807) is 0 Å². The summed E-state index contributed by atoms with van der Waals surface area (Å²) in [5.74, 6) is -1.88. The van der Waals surface area contributed by atoms with Gasteiger partial charge >= 0.3 is 23.5 Å². The number of hydrogen-bond donors (Lipinski definition) is 0. The Labute approximate surface area is 146 Å². The second-order valence-electron chi connectivity index (χ2n) is 5.27. The first-order valence-corrected chi connectivity index (χ1v) is 8.71. The summed E-state index contributed by atoms with van der Waals surface area (Å²) in [6.07, 6.45) is -10.9. The van der Waals surface area contributed by atoms with E-state index in [9.17, 15) is 39.3 Å². The molecule has 27 heavy (non-hydrogen) atoms. The summed E-state index contributed by atoms with van der Waals surface area (Å²) >= 11 is 0. The number of rotatable bonds is 4. The van der Waals surface area contributed by atoms with Gasteiger partial charge in [0.1, 0.15) is 9.73 Å². The van der Waals surface area contributed by atoms with Crippen LogP contribution in [-0.4, -0.2) is 32.0 Å². The SMILES string of the molecule is CS(=O)(=Nc1ccc(Cc2noc(C(F)(F)F)n2)cc1)C(F)(F)C(F)(F)F. The van der Waals surface area contributed by atoms with Crippen LogP contribution in [0.25, 0.3) is 0 Å². The molecule has 2 aromatic rings. The average Bonchev–Trinajstić information content (AvgIpc) is 2.96. The van der Waals surface area contributed by atoms with E-state index in [4.69, 9.17) is 0 Å². The zero-order valence-corrected chi connectivity index (χ0v) is 13.9. The van der Waals surface area contributed by atoms with Gasteiger partial charge in [-0.3, -0.25) is 0 Å². The molecule has 14 heteroatoms. The first-order chi connectivity index (χ1) is 12.1. The maximum atomic E-state index is 13.2.